The Morgan fingerprint density at radius 3 is 2.67 bits per heavy atom. The predicted octanol–water partition coefficient (Wildman–Crippen LogP) is 4.13. The van der Waals surface area contributed by atoms with Crippen LogP contribution in [0.4, 0.5) is 24.8 Å². The van der Waals surface area contributed by atoms with E-state index in [9.17, 15) is 18.0 Å². The minimum Gasteiger partial charge on any atom is -0.489 e. The number of pyridine rings is 1. The van der Waals surface area contributed by atoms with Crippen LogP contribution in [0.25, 0.3) is 10.9 Å². The van der Waals surface area contributed by atoms with Gasteiger partial charge in [0.25, 0.3) is 5.91 Å². The number of anilines is 2. The van der Waals surface area contributed by atoms with E-state index < -0.39 is 23.9 Å². The second kappa shape index (κ2) is 9.08. The predicted molar refractivity (Wildman–Crippen MR) is 124 cm³/mol. The molecule has 1 saturated heterocycles. The van der Waals surface area contributed by atoms with Gasteiger partial charge in [0.15, 0.2) is 0 Å². The lowest BCUT2D eigenvalue weighted by Crippen LogP contribution is -2.50. The van der Waals surface area contributed by atoms with E-state index in [1.165, 1.54) is 12.3 Å². The van der Waals surface area contributed by atoms with Gasteiger partial charge >= 0.3 is 12.2 Å². The van der Waals surface area contributed by atoms with E-state index in [1.54, 1.807) is 30.9 Å². The molecule has 5 rings (SSSR count). The Labute approximate surface area is 204 Å². The molecule has 4 heterocycles. The molecule has 1 aromatic carbocycles. The Hall–Kier alpha value is -3.67. The number of benzene rings is 1. The smallest absolute Gasteiger partial charge is 0.419 e. The fourth-order valence-corrected chi connectivity index (χ4v) is 4.38. The second-order valence-electron chi connectivity index (χ2n) is 8.74. The molecular weight excluding hydrogens is 479 g/mol. The van der Waals surface area contributed by atoms with E-state index in [0.717, 1.165) is 6.07 Å². The molecule has 2 unspecified atom stereocenters. The van der Waals surface area contributed by atoms with Crippen LogP contribution >= 0.6 is 0 Å². The van der Waals surface area contributed by atoms with Crippen molar-refractivity contribution in [1.29, 1.82) is 0 Å². The molecule has 9 nitrogen and oxygen atoms in total. The third kappa shape index (κ3) is 4.48. The van der Waals surface area contributed by atoms with Crippen LogP contribution in [0.15, 0.2) is 30.5 Å². The molecule has 2 aliphatic rings. The number of amides is 1. The maximum Gasteiger partial charge on any atom is 0.419 e. The van der Waals surface area contributed by atoms with Crippen molar-refractivity contribution in [3.63, 3.8) is 0 Å². The van der Waals surface area contributed by atoms with Crippen molar-refractivity contribution in [2.75, 3.05) is 30.0 Å². The molecule has 12 heteroatoms. The number of alkyl halides is 3. The minimum absolute atomic E-state index is 0.0297. The first kappa shape index (κ1) is 24.0. The highest BCUT2D eigenvalue weighted by molar-refractivity contribution is 5.99. The maximum atomic E-state index is 13.7. The summed E-state index contributed by atoms with van der Waals surface area (Å²) in [6.45, 7) is 5.41. The summed E-state index contributed by atoms with van der Waals surface area (Å²) in [6, 6.07) is 5.00. The molecule has 3 aromatic rings. The van der Waals surface area contributed by atoms with Crippen LogP contribution in [-0.4, -0.2) is 52.8 Å². The third-order valence-electron chi connectivity index (χ3n) is 6.05. The first-order valence-electron chi connectivity index (χ1n) is 11.5. The van der Waals surface area contributed by atoms with Gasteiger partial charge in [-0.1, -0.05) is 12.1 Å². The number of nitrogens with zero attached hydrogens (tertiary/aromatic N) is 4. The maximum absolute atomic E-state index is 13.7. The van der Waals surface area contributed by atoms with Crippen LogP contribution < -0.4 is 19.7 Å². The van der Waals surface area contributed by atoms with Gasteiger partial charge in [0.1, 0.15) is 36.7 Å². The molecule has 0 aliphatic carbocycles. The monoisotopic (exact) mass is 503 g/mol. The van der Waals surface area contributed by atoms with E-state index >= 15 is 0 Å². The Bertz CT molecular complexity index is 1320. The molecule has 1 amide bonds. The summed E-state index contributed by atoms with van der Waals surface area (Å²) in [4.78, 5) is 27.5. The highest BCUT2D eigenvalue weighted by Gasteiger charge is 2.36. The lowest BCUT2D eigenvalue weighted by molar-refractivity contribution is -0.139. The number of carbonyl (C=O) groups excluding carboxylic acids is 1. The molecule has 2 bridgehead atoms. The van der Waals surface area contributed by atoms with Crippen molar-refractivity contribution in [2.24, 2.45) is 0 Å². The van der Waals surface area contributed by atoms with Crippen molar-refractivity contribution in [3.8, 4) is 11.8 Å². The van der Waals surface area contributed by atoms with Crippen LogP contribution in [0.1, 0.15) is 37.9 Å². The number of morpholine rings is 1. The standard InChI is InChI=1S/C24H24F3N5O4/c1-12-11-32(22(33)14(3)36-12)19-9-16-18(10-28-19)30-23-31-21(16)29-13(2)15-5-4-6-17(24(25,26)27)20(15)34-7-8-35-23/h4-6,9-10,12-14H,7-8,11H2,1-3H3,(H,29,30,31)/t12?,13-,14?/m1/s1. The average Bonchev–Trinajstić information content (AvgIpc) is 2.85. The summed E-state index contributed by atoms with van der Waals surface area (Å²) in [5.74, 6) is 0.249. The van der Waals surface area contributed by atoms with Gasteiger partial charge in [-0.3, -0.25) is 9.69 Å². The molecule has 36 heavy (non-hydrogen) atoms. The number of aromatic nitrogens is 3. The number of nitrogens with one attached hydrogen (secondary N) is 1. The molecule has 190 valence electrons. The zero-order valence-electron chi connectivity index (χ0n) is 19.8. The number of hydrogen-bond acceptors (Lipinski definition) is 8. The molecule has 3 atom stereocenters. The first-order valence-corrected chi connectivity index (χ1v) is 11.5. The lowest BCUT2D eigenvalue weighted by atomic mass is 10.0. The molecular formula is C24H24F3N5O4. The Kier molecular flexibility index (Phi) is 6.07. The van der Waals surface area contributed by atoms with Crippen molar-refractivity contribution in [2.45, 2.75) is 45.2 Å². The zero-order valence-corrected chi connectivity index (χ0v) is 19.8. The van der Waals surface area contributed by atoms with Crippen molar-refractivity contribution in [1.82, 2.24) is 15.0 Å². The second-order valence-corrected chi connectivity index (χ2v) is 8.74. The van der Waals surface area contributed by atoms with Crippen LogP contribution in [0.5, 0.6) is 11.8 Å². The first-order chi connectivity index (χ1) is 17.1. The largest absolute Gasteiger partial charge is 0.489 e. The number of para-hydroxylation sites is 1. The van der Waals surface area contributed by atoms with Crippen LogP contribution in [0.3, 0.4) is 0 Å². The van der Waals surface area contributed by atoms with E-state index in [-0.39, 0.29) is 37.0 Å². The summed E-state index contributed by atoms with van der Waals surface area (Å²) in [7, 11) is 0. The van der Waals surface area contributed by atoms with Gasteiger partial charge in [0.2, 0.25) is 0 Å². The summed E-state index contributed by atoms with van der Waals surface area (Å²) in [5, 5.41) is 3.72. The van der Waals surface area contributed by atoms with Gasteiger partial charge in [-0.15, -0.1) is 0 Å². The fourth-order valence-electron chi connectivity index (χ4n) is 4.38. The average molecular weight is 503 g/mol. The Morgan fingerprint density at radius 2 is 1.89 bits per heavy atom. The van der Waals surface area contributed by atoms with E-state index in [1.807, 2.05) is 6.92 Å². The van der Waals surface area contributed by atoms with Gasteiger partial charge in [-0.25, -0.2) is 4.98 Å². The topological polar surface area (TPSA) is 98.7 Å². The van der Waals surface area contributed by atoms with Crippen LogP contribution in [-0.2, 0) is 15.7 Å². The van der Waals surface area contributed by atoms with Gasteiger partial charge in [-0.2, -0.15) is 23.1 Å². The van der Waals surface area contributed by atoms with Crippen molar-refractivity contribution in [3.05, 3.63) is 41.6 Å². The number of halogens is 3. The van der Waals surface area contributed by atoms with Crippen molar-refractivity contribution >= 4 is 28.4 Å². The van der Waals surface area contributed by atoms with Gasteiger partial charge in [0, 0.05) is 10.9 Å². The fraction of sp³-hybridized carbons (Fsp3) is 0.417. The third-order valence-corrected chi connectivity index (χ3v) is 6.05. The molecule has 0 radical (unpaired) electrons. The van der Waals surface area contributed by atoms with Crippen LogP contribution in [0, 0.1) is 0 Å². The molecule has 0 spiro atoms. The Balaban J connectivity index is 1.59. The number of carbonyl (C=O) groups is 1. The summed E-state index contributed by atoms with van der Waals surface area (Å²) in [6.07, 6.45) is -3.87. The molecule has 2 aromatic heterocycles. The SMILES string of the molecule is CC1CN(c2cc3c4nc(nc3cn2)OCCOc2c(cccc2C(F)(F)F)[C@@H](C)N4)C(=O)C(C)O1. The number of ether oxygens (including phenoxy) is 3. The highest BCUT2D eigenvalue weighted by Crippen LogP contribution is 2.41. The summed E-state index contributed by atoms with van der Waals surface area (Å²) >= 11 is 0. The molecule has 0 saturated carbocycles. The number of hydrogen-bond donors (Lipinski definition) is 1. The van der Waals surface area contributed by atoms with E-state index in [4.69, 9.17) is 14.2 Å². The lowest BCUT2D eigenvalue weighted by Gasteiger charge is -2.34. The zero-order chi connectivity index (χ0) is 25.6. The molecule has 2 aliphatic heterocycles. The van der Waals surface area contributed by atoms with Crippen LogP contribution in [0.2, 0.25) is 0 Å². The van der Waals surface area contributed by atoms with Gasteiger partial charge in [0.05, 0.1) is 36.0 Å². The molecule has 1 N–H and O–H groups in total. The normalized spacial score (nSPS) is 22.7. The number of rotatable bonds is 1. The summed E-state index contributed by atoms with van der Waals surface area (Å²) in [5.41, 5.74) is -0.0962. The van der Waals surface area contributed by atoms with E-state index in [2.05, 4.69) is 20.3 Å². The Morgan fingerprint density at radius 1 is 1.11 bits per heavy atom. The number of fused-ring (bicyclic) bond motifs is 5. The van der Waals surface area contributed by atoms with Crippen molar-refractivity contribution < 1.29 is 32.2 Å². The van der Waals surface area contributed by atoms with E-state index in [0.29, 0.717) is 34.6 Å². The van der Waals surface area contributed by atoms with Gasteiger partial charge in [-0.05, 0) is 32.9 Å². The summed E-state index contributed by atoms with van der Waals surface area (Å²) < 4.78 is 57.8. The minimum atomic E-state index is -4.59. The molecule has 1 fully saturated rings. The quantitative estimate of drug-likeness (QED) is 0.530. The van der Waals surface area contributed by atoms with Gasteiger partial charge < -0.3 is 19.5 Å². The highest BCUT2D eigenvalue weighted by atomic mass is 19.4.